The fraction of sp³-hybridized carbons (Fsp3) is 0.316. The lowest BCUT2D eigenvalue weighted by Gasteiger charge is -2.36. The fourth-order valence-electron chi connectivity index (χ4n) is 3.15. The van der Waals surface area contributed by atoms with Gasteiger partial charge in [0.1, 0.15) is 0 Å². The molecule has 1 aliphatic heterocycles. The number of carbonyl (C=O) groups excluding carboxylic acids is 1. The topological polar surface area (TPSA) is 58.6 Å². The van der Waals surface area contributed by atoms with Crippen molar-refractivity contribution >= 4 is 23.2 Å². The number of hydrogen-bond acceptors (Lipinski definition) is 3. The maximum atomic E-state index is 13.1. The van der Waals surface area contributed by atoms with Crippen LogP contribution in [0, 0.1) is 0 Å². The molecule has 0 unspecified atom stereocenters. The summed E-state index contributed by atoms with van der Waals surface area (Å²) in [4.78, 5) is 13.1. The summed E-state index contributed by atoms with van der Waals surface area (Å²) in [5, 5.41) is 12.9. The summed E-state index contributed by atoms with van der Waals surface area (Å²) in [6.45, 7) is 1.02. The number of hydrogen-bond donors (Lipinski definition) is 2. The number of aliphatic hydroxyl groups excluding tert-OH is 1. The van der Waals surface area contributed by atoms with Crippen molar-refractivity contribution in [3.05, 3.63) is 64.7 Å². The molecule has 0 radical (unpaired) electrons. The Morgan fingerprint density at radius 3 is 2.62 bits per heavy atom. The Labute approximate surface area is 146 Å². The van der Waals surface area contributed by atoms with E-state index in [1.807, 2.05) is 36.4 Å². The zero-order valence-corrected chi connectivity index (χ0v) is 14.1. The number of rotatable bonds is 4. The second kappa shape index (κ2) is 7.34. The highest BCUT2D eigenvalue weighted by atomic mass is 35.5. The molecule has 126 valence electrons. The lowest BCUT2D eigenvalue weighted by molar-refractivity contribution is -0.125. The van der Waals surface area contributed by atoms with Crippen molar-refractivity contribution in [2.45, 2.75) is 24.9 Å². The van der Waals surface area contributed by atoms with E-state index in [0.29, 0.717) is 36.8 Å². The third-order valence-corrected chi connectivity index (χ3v) is 4.76. The van der Waals surface area contributed by atoms with E-state index < -0.39 is 5.41 Å². The molecule has 1 saturated heterocycles. The molecule has 24 heavy (non-hydrogen) atoms. The molecule has 1 fully saturated rings. The van der Waals surface area contributed by atoms with E-state index in [1.54, 1.807) is 12.1 Å². The van der Waals surface area contributed by atoms with E-state index in [4.69, 9.17) is 16.3 Å². The summed E-state index contributed by atoms with van der Waals surface area (Å²) in [5.41, 5.74) is 1.70. The maximum Gasteiger partial charge on any atom is 0.235 e. The van der Waals surface area contributed by atoms with Gasteiger partial charge >= 0.3 is 0 Å². The molecule has 3 rings (SSSR count). The van der Waals surface area contributed by atoms with Gasteiger partial charge in [-0.25, -0.2) is 0 Å². The van der Waals surface area contributed by atoms with Crippen LogP contribution in [0.15, 0.2) is 48.5 Å². The normalized spacial score (nSPS) is 16.6. The summed E-state index contributed by atoms with van der Waals surface area (Å²) in [6, 6.07) is 14.7. The zero-order valence-electron chi connectivity index (χ0n) is 13.3. The number of nitrogens with one attached hydrogen (secondary N) is 1. The molecule has 1 amide bonds. The van der Waals surface area contributed by atoms with Gasteiger partial charge in [0.25, 0.3) is 0 Å². The van der Waals surface area contributed by atoms with Crippen molar-refractivity contribution in [3.63, 3.8) is 0 Å². The van der Waals surface area contributed by atoms with E-state index in [0.717, 1.165) is 11.1 Å². The number of halogens is 1. The highest BCUT2D eigenvalue weighted by Crippen LogP contribution is 2.37. The largest absolute Gasteiger partial charge is 0.392 e. The molecule has 5 heteroatoms. The van der Waals surface area contributed by atoms with E-state index in [1.165, 1.54) is 0 Å². The molecular weight excluding hydrogens is 326 g/mol. The van der Waals surface area contributed by atoms with Crippen molar-refractivity contribution in [2.75, 3.05) is 18.5 Å². The molecule has 0 spiro atoms. The van der Waals surface area contributed by atoms with Gasteiger partial charge in [0.2, 0.25) is 5.91 Å². The van der Waals surface area contributed by atoms with Crippen LogP contribution in [0.3, 0.4) is 0 Å². The Bertz CT molecular complexity index is 726. The predicted molar refractivity (Wildman–Crippen MR) is 94.2 cm³/mol. The van der Waals surface area contributed by atoms with Crippen LogP contribution in [0.2, 0.25) is 5.02 Å². The Kier molecular flexibility index (Phi) is 5.19. The molecular formula is C19H20ClNO3. The number of carbonyl (C=O) groups is 1. The van der Waals surface area contributed by atoms with E-state index in [9.17, 15) is 9.90 Å². The molecule has 2 aromatic rings. The summed E-state index contributed by atoms with van der Waals surface area (Å²) < 4.78 is 5.47. The van der Waals surface area contributed by atoms with E-state index in [2.05, 4.69) is 5.32 Å². The number of benzene rings is 2. The molecule has 1 aliphatic rings. The molecule has 2 N–H and O–H groups in total. The minimum atomic E-state index is -0.654. The van der Waals surface area contributed by atoms with Crippen LogP contribution >= 0.6 is 11.6 Å². The number of anilines is 1. The van der Waals surface area contributed by atoms with Crippen LogP contribution in [0.5, 0.6) is 0 Å². The predicted octanol–water partition coefficient (Wildman–Crippen LogP) is 3.52. The van der Waals surface area contributed by atoms with Crippen LogP contribution in [0.1, 0.15) is 24.0 Å². The van der Waals surface area contributed by atoms with Gasteiger partial charge in [-0.3, -0.25) is 4.79 Å². The molecule has 0 bridgehead atoms. The van der Waals surface area contributed by atoms with Gasteiger partial charge in [-0.1, -0.05) is 35.9 Å². The first-order valence-electron chi connectivity index (χ1n) is 7.99. The van der Waals surface area contributed by atoms with Crippen LogP contribution < -0.4 is 5.32 Å². The van der Waals surface area contributed by atoms with Crippen molar-refractivity contribution in [1.29, 1.82) is 0 Å². The first-order chi connectivity index (χ1) is 11.6. The quantitative estimate of drug-likeness (QED) is 0.891. The second-order valence-corrected chi connectivity index (χ2v) is 6.45. The average molecular weight is 346 g/mol. The van der Waals surface area contributed by atoms with Gasteiger partial charge < -0.3 is 15.2 Å². The van der Waals surface area contributed by atoms with Crippen LogP contribution in [-0.2, 0) is 21.6 Å². The SMILES string of the molecule is O=C(Nc1cccc(CO)c1)C1(c2cccc(Cl)c2)CCOCC1. The summed E-state index contributed by atoms with van der Waals surface area (Å²) in [5.74, 6) is -0.0665. The number of aliphatic hydroxyl groups is 1. The molecule has 0 atom stereocenters. The standard InChI is InChI=1S/C19H20ClNO3/c20-16-5-2-4-15(12-16)19(7-9-24-10-8-19)18(23)21-17-6-1-3-14(11-17)13-22/h1-6,11-12,22H,7-10,13H2,(H,21,23). The van der Waals surface area contributed by atoms with Gasteiger partial charge in [-0.2, -0.15) is 0 Å². The van der Waals surface area contributed by atoms with Gasteiger partial charge in [-0.15, -0.1) is 0 Å². The molecule has 2 aromatic carbocycles. The lowest BCUT2D eigenvalue weighted by Crippen LogP contribution is -2.44. The monoisotopic (exact) mass is 345 g/mol. The Balaban J connectivity index is 1.92. The van der Waals surface area contributed by atoms with E-state index >= 15 is 0 Å². The Morgan fingerprint density at radius 1 is 1.17 bits per heavy atom. The van der Waals surface area contributed by atoms with Gasteiger partial charge in [0.15, 0.2) is 0 Å². The van der Waals surface area contributed by atoms with Crippen molar-refractivity contribution in [2.24, 2.45) is 0 Å². The number of ether oxygens (including phenoxy) is 1. The Morgan fingerprint density at radius 2 is 1.92 bits per heavy atom. The van der Waals surface area contributed by atoms with Crippen LogP contribution in [-0.4, -0.2) is 24.2 Å². The van der Waals surface area contributed by atoms with Crippen molar-refractivity contribution in [1.82, 2.24) is 0 Å². The molecule has 0 aliphatic carbocycles. The molecule has 0 saturated carbocycles. The van der Waals surface area contributed by atoms with Crippen molar-refractivity contribution < 1.29 is 14.6 Å². The minimum Gasteiger partial charge on any atom is -0.392 e. The first kappa shape index (κ1) is 17.0. The minimum absolute atomic E-state index is 0.0585. The Hall–Kier alpha value is -1.88. The summed E-state index contributed by atoms with van der Waals surface area (Å²) in [7, 11) is 0. The van der Waals surface area contributed by atoms with Gasteiger partial charge in [0, 0.05) is 23.9 Å². The third kappa shape index (κ3) is 3.46. The van der Waals surface area contributed by atoms with Gasteiger partial charge in [-0.05, 0) is 48.2 Å². The van der Waals surface area contributed by atoms with E-state index in [-0.39, 0.29) is 12.5 Å². The average Bonchev–Trinajstić information content (AvgIpc) is 2.62. The summed E-state index contributed by atoms with van der Waals surface area (Å²) in [6.07, 6.45) is 1.22. The maximum absolute atomic E-state index is 13.1. The van der Waals surface area contributed by atoms with Gasteiger partial charge in [0.05, 0.1) is 12.0 Å². The smallest absolute Gasteiger partial charge is 0.235 e. The molecule has 4 nitrogen and oxygen atoms in total. The highest BCUT2D eigenvalue weighted by Gasteiger charge is 2.41. The highest BCUT2D eigenvalue weighted by molar-refractivity contribution is 6.30. The first-order valence-corrected chi connectivity index (χ1v) is 8.37. The fourth-order valence-corrected chi connectivity index (χ4v) is 3.34. The second-order valence-electron chi connectivity index (χ2n) is 6.02. The van der Waals surface area contributed by atoms with Crippen molar-refractivity contribution in [3.8, 4) is 0 Å². The van der Waals surface area contributed by atoms with Crippen LogP contribution in [0.25, 0.3) is 0 Å². The number of amides is 1. The summed E-state index contributed by atoms with van der Waals surface area (Å²) >= 11 is 6.14. The third-order valence-electron chi connectivity index (χ3n) is 4.53. The lowest BCUT2D eigenvalue weighted by atomic mass is 9.73. The zero-order chi connectivity index (χ0) is 17.0. The van der Waals surface area contributed by atoms with Crippen LogP contribution in [0.4, 0.5) is 5.69 Å². The molecule has 0 aromatic heterocycles. The molecule has 1 heterocycles.